The summed E-state index contributed by atoms with van der Waals surface area (Å²) in [5, 5.41) is 0. The summed E-state index contributed by atoms with van der Waals surface area (Å²) in [4.78, 5) is 12.4. The standard InChI is InChI=1S/C11H15FN2O/c1-14(8-11(13)15)7-6-9-2-4-10(12)5-3-9/h2-5H,6-8H2,1H3,(H2,13,15). The number of nitrogens with zero attached hydrogens (tertiary/aromatic N) is 1. The number of rotatable bonds is 5. The van der Waals surface area contributed by atoms with Gasteiger partial charge in [-0.3, -0.25) is 9.69 Å². The zero-order valence-corrected chi connectivity index (χ0v) is 8.74. The summed E-state index contributed by atoms with van der Waals surface area (Å²) in [6.07, 6.45) is 0.782. The van der Waals surface area contributed by atoms with Crippen LogP contribution in [0.4, 0.5) is 4.39 Å². The monoisotopic (exact) mass is 210 g/mol. The zero-order valence-electron chi connectivity index (χ0n) is 8.74. The Hall–Kier alpha value is -1.42. The van der Waals surface area contributed by atoms with E-state index in [9.17, 15) is 9.18 Å². The van der Waals surface area contributed by atoms with E-state index in [0.717, 1.165) is 18.5 Å². The normalized spacial score (nSPS) is 10.6. The molecule has 0 saturated carbocycles. The Morgan fingerprint density at radius 1 is 1.40 bits per heavy atom. The van der Waals surface area contributed by atoms with Crippen LogP contribution in [-0.2, 0) is 11.2 Å². The molecule has 0 aliphatic heterocycles. The molecule has 0 heterocycles. The van der Waals surface area contributed by atoms with Crippen molar-refractivity contribution in [3.8, 4) is 0 Å². The van der Waals surface area contributed by atoms with Crippen LogP contribution in [0, 0.1) is 5.82 Å². The van der Waals surface area contributed by atoms with Crippen LogP contribution in [-0.4, -0.2) is 30.9 Å². The molecule has 4 heteroatoms. The number of halogens is 1. The first-order chi connectivity index (χ1) is 7.08. The van der Waals surface area contributed by atoms with Gasteiger partial charge in [0, 0.05) is 6.54 Å². The van der Waals surface area contributed by atoms with Crippen molar-refractivity contribution in [3.63, 3.8) is 0 Å². The van der Waals surface area contributed by atoms with E-state index in [-0.39, 0.29) is 18.3 Å². The topological polar surface area (TPSA) is 46.3 Å². The first-order valence-corrected chi connectivity index (χ1v) is 4.79. The van der Waals surface area contributed by atoms with E-state index in [1.807, 2.05) is 11.9 Å². The van der Waals surface area contributed by atoms with Crippen LogP contribution >= 0.6 is 0 Å². The summed E-state index contributed by atoms with van der Waals surface area (Å²) in [5.41, 5.74) is 6.10. The van der Waals surface area contributed by atoms with Crippen molar-refractivity contribution in [2.75, 3.05) is 20.1 Å². The summed E-state index contributed by atoms with van der Waals surface area (Å²) >= 11 is 0. The zero-order chi connectivity index (χ0) is 11.3. The molecule has 0 aromatic heterocycles. The number of primary amides is 1. The lowest BCUT2D eigenvalue weighted by Crippen LogP contribution is -2.32. The number of likely N-dealkylation sites (N-methyl/N-ethyl adjacent to an activating group) is 1. The Kier molecular flexibility index (Phi) is 4.24. The molecule has 0 radical (unpaired) electrons. The van der Waals surface area contributed by atoms with Crippen LogP contribution in [0.15, 0.2) is 24.3 Å². The summed E-state index contributed by atoms with van der Waals surface area (Å²) in [7, 11) is 1.83. The van der Waals surface area contributed by atoms with E-state index in [4.69, 9.17) is 5.73 Å². The SMILES string of the molecule is CN(CCc1ccc(F)cc1)CC(N)=O. The molecular formula is C11H15FN2O. The van der Waals surface area contributed by atoms with Crippen LogP contribution in [0.5, 0.6) is 0 Å². The average molecular weight is 210 g/mol. The Morgan fingerprint density at radius 3 is 2.53 bits per heavy atom. The van der Waals surface area contributed by atoms with Crippen LogP contribution in [0.3, 0.4) is 0 Å². The van der Waals surface area contributed by atoms with Gasteiger partial charge in [-0.1, -0.05) is 12.1 Å². The van der Waals surface area contributed by atoms with E-state index in [1.54, 1.807) is 12.1 Å². The molecule has 15 heavy (non-hydrogen) atoms. The van der Waals surface area contributed by atoms with E-state index in [0.29, 0.717) is 0 Å². The van der Waals surface area contributed by atoms with Crippen LogP contribution in [0.1, 0.15) is 5.56 Å². The molecule has 1 amide bonds. The third-order valence-electron chi connectivity index (χ3n) is 2.12. The van der Waals surface area contributed by atoms with Gasteiger partial charge in [0.25, 0.3) is 0 Å². The fourth-order valence-corrected chi connectivity index (χ4v) is 1.32. The molecule has 1 rings (SSSR count). The van der Waals surface area contributed by atoms with Gasteiger partial charge in [0.2, 0.25) is 5.91 Å². The van der Waals surface area contributed by atoms with Crippen molar-refractivity contribution < 1.29 is 9.18 Å². The average Bonchev–Trinajstić information content (AvgIpc) is 2.16. The molecule has 82 valence electrons. The van der Waals surface area contributed by atoms with Gasteiger partial charge in [-0.15, -0.1) is 0 Å². The molecular weight excluding hydrogens is 195 g/mol. The van der Waals surface area contributed by atoms with Crippen LogP contribution in [0.2, 0.25) is 0 Å². The summed E-state index contributed by atoms with van der Waals surface area (Å²) < 4.78 is 12.6. The first-order valence-electron chi connectivity index (χ1n) is 4.79. The molecule has 0 bridgehead atoms. The molecule has 2 N–H and O–H groups in total. The highest BCUT2D eigenvalue weighted by atomic mass is 19.1. The second kappa shape index (κ2) is 5.46. The molecule has 0 unspecified atom stereocenters. The van der Waals surface area contributed by atoms with Gasteiger partial charge in [0.05, 0.1) is 6.54 Å². The number of carbonyl (C=O) groups is 1. The molecule has 1 aromatic rings. The number of hydrogen-bond donors (Lipinski definition) is 1. The van der Waals surface area contributed by atoms with Crippen LogP contribution in [0.25, 0.3) is 0 Å². The second-order valence-electron chi connectivity index (χ2n) is 3.58. The largest absolute Gasteiger partial charge is 0.369 e. The molecule has 0 aliphatic carbocycles. The van der Waals surface area contributed by atoms with Gasteiger partial charge < -0.3 is 5.73 Å². The van der Waals surface area contributed by atoms with Gasteiger partial charge in [-0.05, 0) is 31.2 Å². The number of amides is 1. The lowest BCUT2D eigenvalue weighted by atomic mass is 10.1. The van der Waals surface area contributed by atoms with Crippen molar-refractivity contribution in [2.24, 2.45) is 5.73 Å². The minimum Gasteiger partial charge on any atom is -0.369 e. The maximum atomic E-state index is 12.6. The summed E-state index contributed by atoms with van der Waals surface area (Å²) in [6, 6.07) is 6.35. The molecule has 1 aromatic carbocycles. The smallest absolute Gasteiger partial charge is 0.231 e. The Labute approximate surface area is 88.7 Å². The number of benzene rings is 1. The third-order valence-corrected chi connectivity index (χ3v) is 2.12. The minimum atomic E-state index is -0.336. The second-order valence-corrected chi connectivity index (χ2v) is 3.58. The molecule has 3 nitrogen and oxygen atoms in total. The van der Waals surface area contributed by atoms with Gasteiger partial charge in [0.15, 0.2) is 0 Å². The van der Waals surface area contributed by atoms with Gasteiger partial charge >= 0.3 is 0 Å². The Morgan fingerprint density at radius 2 is 2.00 bits per heavy atom. The first kappa shape index (κ1) is 11.7. The quantitative estimate of drug-likeness (QED) is 0.780. The summed E-state index contributed by atoms with van der Waals surface area (Å²) in [5.74, 6) is -0.569. The molecule has 0 spiro atoms. The van der Waals surface area contributed by atoms with E-state index in [1.165, 1.54) is 12.1 Å². The fraction of sp³-hybridized carbons (Fsp3) is 0.364. The molecule has 0 aliphatic rings. The number of carbonyl (C=O) groups excluding carboxylic acids is 1. The van der Waals surface area contributed by atoms with Crippen molar-refractivity contribution in [3.05, 3.63) is 35.6 Å². The van der Waals surface area contributed by atoms with Crippen molar-refractivity contribution >= 4 is 5.91 Å². The van der Waals surface area contributed by atoms with E-state index in [2.05, 4.69) is 0 Å². The Bertz CT molecular complexity index is 324. The highest BCUT2D eigenvalue weighted by Crippen LogP contribution is 2.03. The number of nitrogens with two attached hydrogens (primary N) is 1. The predicted octanol–water partition coefficient (Wildman–Crippen LogP) is 0.785. The van der Waals surface area contributed by atoms with Crippen molar-refractivity contribution in [1.82, 2.24) is 4.90 Å². The van der Waals surface area contributed by atoms with Crippen molar-refractivity contribution in [2.45, 2.75) is 6.42 Å². The highest BCUT2D eigenvalue weighted by Gasteiger charge is 2.02. The molecule has 0 saturated heterocycles. The Balaban J connectivity index is 2.36. The molecule has 0 fully saturated rings. The van der Waals surface area contributed by atoms with Gasteiger partial charge in [0.1, 0.15) is 5.82 Å². The minimum absolute atomic E-state index is 0.232. The fourth-order valence-electron chi connectivity index (χ4n) is 1.32. The number of hydrogen-bond acceptors (Lipinski definition) is 2. The lowest BCUT2D eigenvalue weighted by Gasteiger charge is -2.13. The maximum absolute atomic E-state index is 12.6. The van der Waals surface area contributed by atoms with E-state index >= 15 is 0 Å². The summed E-state index contributed by atoms with van der Waals surface area (Å²) in [6.45, 7) is 0.982. The lowest BCUT2D eigenvalue weighted by molar-refractivity contribution is -0.118. The van der Waals surface area contributed by atoms with Gasteiger partial charge in [-0.2, -0.15) is 0 Å². The highest BCUT2D eigenvalue weighted by molar-refractivity contribution is 5.75. The maximum Gasteiger partial charge on any atom is 0.231 e. The van der Waals surface area contributed by atoms with Crippen molar-refractivity contribution in [1.29, 1.82) is 0 Å². The van der Waals surface area contributed by atoms with Crippen LogP contribution < -0.4 is 5.73 Å². The third kappa shape index (κ3) is 4.56. The molecule has 0 atom stereocenters. The van der Waals surface area contributed by atoms with Gasteiger partial charge in [-0.25, -0.2) is 4.39 Å². The van der Waals surface area contributed by atoms with E-state index < -0.39 is 0 Å². The predicted molar refractivity (Wildman–Crippen MR) is 56.8 cm³/mol.